The van der Waals surface area contributed by atoms with Gasteiger partial charge in [-0.05, 0) is 49.9 Å². The maximum Gasteiger partial charge on any atom is 0.339 e. The predicted octanol–water partition coefficient (Wildman–Crippen LogP) is 3.73. The minimum Gasteiger partial charge on any atom is -0.462 e. The highest BCUT2D eigenvalue weighted by molar-refractivity contribution is 5.89. The van der Waals surface area contributed by atoms with Gasteiger partial charge in [0, 0.05) is 31.4 Å². The van der Waals surface area contributed by atoms with Gasteiger partial charge in [0.15, 0.2) is 0 Å². The first-order valence-electron chi connectivity index (χ1n) is 9.15. The number of carbonyl (C=O) groups is 1. The largest absolute Gasteiger partial charge is 0.462 e. The van der Waals surface area contributed by atoms with Crippen LogP contribution in [0.15, 0.2) is 42.6 Å². The summed E-state index contributed by atoms with van der Waals surface area (Å²) in [6.07, 6.45) is 3.52. The Bertz CT molecular complexity index is 737. The lowest BCUT2D eigenvalue weighted by molar-refractivity contribution is 0.0524. The van der Waals surface area contributed by atoms with Crippen molar-refractivity contribution in [3.63, 3.8) is 0 Å². The van der Waals surface area contributed by atoms with Crippen molar-refractivity contribution in [1.29, 1.82) is 0 Å². The third kappa shape index (κ3) is 4.05. The van der Waals surface area contributed by atoms with Crippen molar-refractivity contribution in [2.45, 2.75) is 32.1 Å². The summed E-state index contributed by atoms with van der Waals surface area (Å²) in [5.74, 6) is 0.421. The molecule has 0 unspecified atom stereocenters. The van der Waals surface area contributed by atoms with E-state index in [1.54, 1.807) is 19.2 Å². The van der Waals surface area contributed by atoms with Gasteiger partial charge in [-0.2, -0.15) is 0 Å². The molecule has 0 atom stereocenters. The minimum atomic E-state index is -0.340. The molecule has 1 saturated heterocycles. The van der Waals surface area contributed by atoms with Gasteiger partial charge in [0.05, 0.1) is 12.2 Å². The van der Waals surface area contributed by atoms with Crippen LogP contribution < -0.4 is 5.32 Å². The number of benzene rings is 1. The van der Waals surface area contributed by atoms with Crippen LogP contribution in [-0.4, -0.2) is 37.3 Å². The number of nitrogens with zero attached hydrogens (tertiary/aromatic N) is 1. The second kappa shape index (κ2) is 8.32. The van der Waals surface area contributed by atoms with E-state index in [9.17, 15) is 4.79 Å². The van der Waals surface area contributed by atoms with Crippen LogP contribution >= 0.6 is 0 Å². The van der Waals surface area contributed by atoms with E-state index in [1.165, 1.54) is 11.1 Å². The molecule has 0 saturated carbocycles. The van der Waals surface area contributed by atoms with Gasteiger partial charge >= 0.3 is 5.97 Å². The first kappa shape index (κ1) is 18.4. The number of nitrogens with one attached hydrogen (secondary N) is 1. The van der Waals surface area contributed by atoms with Crippen LogP contribution in [0.1, 0.15) is 41.3 Å². The average Bonchev–Trinajstić information content (AvgIpc) is 2.68. The maximum absolute atomic E-state index is 11.7. The summed E-state index contributed by atoms with van der Waals surface area (Å²) >= 11 is 0. The Morgan fingerprint density at radius 3 is 2.65 bits per heavy atom. The van der Waals surface area contributed by atoms with Crippen molar-refractivity contribution in [2.75, 3.05) is 31.7 Å². The number of aromatic nitrogens is 1. The molecule has 5 nitrogen and oxygen atoms in total. The number of hydrogen-bond acceptors (Lipinski definition) is 5. The zero-order valence-electron chi connectivity index (χ0n) is 15.5. The highest BCUT2D eigenvalue weighted by atomic mass is 16.5. The fraction of sp³-hybridized carbons (Fsp3) is 0.429. The molecule has 1 aromatic heterocycles. The van der Waals surface area contributed by atoms with E-state index in [1.807, 2.05) is 6.07 Å². The fourth-order valence-electron chi connectivity index (χ4n) is 3.56. The Morgan fingerprint density at radius 2 is 2.00 bits per heavy atom. The van der Waals surface area contributed by atoms with Crippen molar-refractivity contribution < 1.29 is 14.3 Å². The van der Waals surface area contributed by atoms with Gasteiger partial charge in [-0.1, -0.05) is 24.3 Å². The Balaban J connectivity index is 1.74. The van der Waals surface area contributed by atoms with Crippen molar-refractivity contribution in [1.82, 2.24) is 4.98 Å². The van der Waals surface area contributed by atoms with E-state index in [0.717, 1.165) is 38.4 Å². The smallest absolute Gasteiger partial charge is 0.339 e. The predicted molar refractivity (Wildman–Crippen MR) is 102 cm³/mol. The Morgan fingerprint density at radius 1 is 1.23 bits per heavy atom. The molecule has 0 spiro atoms. The normalized spacial score (nSPS) is 16.1. The second-order valence-electron chi connectivity index (χ2n) is 6.71. The van der Waals surface area contributed by atoms with Crippen molar-refractivity contribution in [2.24, 2.45) is 0 Å². The second-order valence-corrected chi connectivity index (χ2v) is 6.71. The minimum absolute atomic E-state index is 0.0328. The number of hydrogen-bond donors (Lipinski definition) is 1. The number of esters is 1. The standard InChI is InChI=1S/C21H26N2O3/c1-3-26-20(24)17-8-9-19(22-14-17)23-15-21(10-12-25-13-11-21)18-7-5-4-6-16(18)2/h4-9,14H,3,10-13,15H2,1-2H3,(H,22,23). The van der Waals surface area contributed by atoms with Crippen molar-refractivity contribution >= 4 is 11.8 Å². The Hall–Kier alpha value is -2.40. The molecule has 1 aliphatic rings. The summed E-state index contributed by atoms with van der Waals surface area (Å²) in [6.45, 7) is 6.64. The van der Waals surface area contributed by atoms with E-state index in [-0.39, 0.29) is 11.4 Å². The first-order valence-corrected chi connectivity index (χ1v) is 9.15. The summed E-state index contributed by atoms with van der Waals surface area (Å²) in [5.41, 5.74) is 3.18. The topological polar surface area (TPSA) is 60.5 Å². The van der Waals surface area contributed by atoms with Gasteiger partial charge in [0.2, 0.25) is 0 Å². The summed E-state index contributed by atoms with van der Waals surface area (Å²) in [5, 5.41) is 3.46. The molecule has 1 aromatic carbocycles. The van der Waals surface area contributed by atoms with Gasteiger partial charge in [-0.15, -0.1) is 0 Å². The number of anilines is 1. The molecule has 1 N–H and O–H groups in total. The van der Waals surface area contributed by atoms with Crippen LogP contribution in [0.2, 0.25) is 0 Å². The van der Waals surface area contributed by atoms with E-state index >= 15 is 0 Å². The molecule has 0 bridgehead atoms. The molecular formula is C21H26N2O3. The van der Waals surface area contributed by atoms with Crippen LogP contribution in [0.4, 0.5) is 5.82 Å². The summed E-state index contributed by atoms with van der Waals surface area (Å²) in [7, 11) is 0. The van der Waals surface area contributed by atoms with E-state index < -0.39 is 0 Å². The highest BCUT2D eigenvalue weighted by Crippen LogP contribution is 2.36. The van der Waals surface area contributed by atoms with Crippen LogP contribution in [0.5, 0.6) is 0 Å². The lowest BCUT2D eigenvalue weighted by Crippen LogP contribution is -2.40. The third-order valence-electron chi connectivity index (χ3n) is 5.05. The molecule has 5 heteroatoms. The van der Waals surface area contributed by atoms with Crippen molar-refractivity contribution in [3.05, 3.63) is 59.3 Å². The molecule has 2 heterocycles. The summed E-state index contributed by atoms with van der Waals surface area (Å²) in [4.78, 5) is 16.1. The molecule has 2 aromatic rings. The van der Waals surface area contributed by atoms with Gasteiger partial charge in [0.1, 0.15) is 5.82 Å². The highest BCUT2D eigenvalue weighted by Gasteiger charge is 2.35. The molecular weight excluding hydrogens is 328 g/mol. The molecule has 0 amide bonds. The van der Waals surface area contributed by atoms with Crippen LogP contribution in [-0.2, 0) is 14.9 Å². The van der Waals surface area contributed by atoms with Crippen molar-refractivity contribution in [3.8, 4) is 0 Å². The SMILES string of the molecule is CCOC(=O)c1ccc(NCC2(c3ccccc3C)CCOCC2)nc1. The summed E-state index contributed by atoms with van der Waals surface area (Å²) in [6, 6.07) is 12.1. The van der Waals surface area contributed by atoms with Crippen LogP contribution in [0.25, 0.3) is 0 Å². The number of rotatable bonds is 6. The molecule has 0 aliphatic carbocycles. The molecule has 138 valence electrons. The lowest BCUT2D eigenvalue weighted by atomic mass is 9.72. The van der Waals surface area contributed by atoms with E-state index in [4.69, 9.17) is 9.47 Å². The summed E-state index contributed by atoms with van der Waals surface area (Å²) < 4.78 is 10.6. The van der Waals surface area contributed by atoms with E-state index in [2.05, 4.69) is 41.5 Å². The maximum atomic E-state index is 11.7. The van der Waals surface area contributed by atoms with Gasteiger partial charge in [0.25, 0.3) is 0 Å². The van der Waals surface area contributed by atoms with Crippen LogP contribution in [0, 0.1) is 6.92 Å². The van der Waals surface area contributed by atoms with Gasteiger partial charge in [-0.3, -0.25) is 0 Å². The quantitative estimate of drug-likeness (QED) is 0.801. The van der Waals surface area contributed by atoms with Gasteiger partial charge < -0.3 is 14.8 Å². The monoisotopic (exact) mass is 354 g/mol. The number of pyridine rings is 1. The number of aryl methyl sites for hydroxylation is 1. The lowest BCUT2D eigenvalue weighted by Gasteiger charge is -2.39. The molecule has 0 radical (unpaired) electrons. The molecule has 3 rings (SSSR count). The molecule has 1 fully saturated rings. The zero-order chi connectivity index (χ0) is 18.4. The third-order valence-corrected chi connectivity index (χ3v) is 5.05. The molecule has 1 aliphatic heterocycles. The first-order chi connectivity index (χ1) is 12.6. The fourth-order valence-corrected chi connectivity index (χ4v) is 3.56. The molecule has 26 heavy (non-hydrogen) atoms. The number of carbonyl (C=O) groups excluding carboxylic acids is 1. The zero-order valence-corrected chi connectivity index (χ0v) is 15.5. The van der Waals surface area contributed by atoms with Crippen LogP contribution in [0.3, 0.4) is 0 Å². The average molecular weight is 354 g/mol. The Kier molecular flexibility index (Phi) is 5.89. The van der Waals surface area contributed by atoms with E-state index in [0.29, 0.717) is 12.2 Å². The van der Waals surface area contributed by atoms with Gasteiger partial charge in [-0.25, -0.2) is 9.78 Å². The Labute approximate surface area is 154 Å². The number of ether oxygens (including phenoxy) is 2.